The van der Waals surface area contributed by atoms with E-state index in [1.54, 1.807) is 7.11 Å². The molecule has 0 bridgehead atoms. The highest BCUT2D eigenvalue weighted by Crippen LogP contribution is 2.32. The van der Waals surface area contributed by atoms with Crippen LogP contribution in [-0.4, -0.2) is 28.5 Å². The molecule has 5 heteroatoms. The standard InChI is InChI=1S/C16H20N2O3/c1-20-12-6-4-5-11(9-12)10-15-17-16(21-18-15)13-7-2-3-8-14(13)19/h4-6,9,13-14,19H,2-3,7-8,10H2,1H3. The van der Waals surface area contributed by atoms with Gasteiger partial charge in [-0.2, -0.15) is 4.98 Å². The minimum atomic E-state index is -0.358. The fourth-order valence-corrected chi connectivity index (χ4v) is 2.85. The summed E-state index contributed by atoms with van der Waals surface area (Å²) in [5.41, 5.74) is 1.07. The van der Waals surface area contributed by atoms with Gasteiger partial charge in [0.1, 0.15) is 5.75 Å². The van der Waals surface area contributed by atoms with Crippen molar-refractivity contribution in [2.24, 2.45) is 0 Å². The fourth-order valence-electron chi connectivity index (χ4n) is 2.85. The van der Waals surface area contributed by atoms with Crippen LogP contribution in [0.25, 0.3) is 0 Å². The Labute approximate surface area is 123 Å². The molecule has 21 heavy (non-hydrogen) atoms. The summed E-state index contributed by atoms with van der Waals surface area (Å²) in [4.78, 5) is 4.46. The van der Waals surface area contributed by atoms with Crippen molar-refractivity contribution < 1.29 is 14.4 Å². The molecule has 0 saturated heterocycles. The van der Waals surface area contributed by atoms with E-state index in [1.165, 1.54) is 0 Å². The second-order valence-corrected chi connectivity index (χ2v) is 5.54. The topological polar surface area (TPSA) is 68.4 Å². The Hall–Kier alpha value is -1.88. The number of hydrogen-bond acceptors (Lipinski definition) is 5. The monoisotopic (exact) mass is 288 g/mol. The van der Waals surface area contributed by atoms with Crippen LogP contribution in [-0.2, 0) is 6.42 Å². The second-order valence-electron chi connectivity index (χ2n) is 5.54. The van der Waals surface area contributed by atoms with E-state index in [9.17, 15) is 5.11 Å². The number of aromatic nitrogens is 2. The summed E-state index contributed by atoms with van der Waals surface area (Å²) >= 11 is 0. The number of benzene rings is 1. The van der Waals surface area contributed by atoms with Crippen molar-refractivity contribution in [1.82, 2.24) is 10.1 Å². The average Bonchev–Trinajstić information content (AvgIpc) is 2.96. The van der Waals surface area contributed by atoms with Crippen LogP contribution in [0.3, 0.4) is 0 Å². The predicted molar refractivity (Wildman–Crippen MR) is 77.3 cm³/mol. The molecule has 1 aromatic heterocycles. The molecule has 5 nitrogen and oxygen atoms in total. The highest BCUT2D eigenvalue weighted by molar-refractivity contribution is 5.30. The Balaban J connectivity index is 1.72. The predicted octanol–water partition coefficient (Wildman–Crippen LogP) is 2.69. The summed E-state index contributed by atoms with van der Waals surface area (Å²) in [6.07, 6.45) is 4.16. The lowest BCUT2D eigenvalue weighted by atomic mass is 9.86. The van der Waals surface area contributed by atoms with Gasteiger partial charge in [-0.25, -0.2) is 0 Å². The highest BCUT2D eigenvalue weighted by atomic mass is 16.5. The first-order valence-electron chi connectivity index (χ1n) is 7.40. The summed E-state index contributed by atoms with van der Waals surface area (Å²) in [5, 5.41) is 14.1. The molecule has 2 aromatic rings. The minimum Gasteiger partial charge on any atom is -0.497 e. The average molecular weight is 288 g/mol. The number of ether oxygens (including phenoxy) is 1. The number of methoxy groups -OCH3 is 1. The lowest BCUT2D eigenvalue weighted by molar-refractivity contribution is 0.0908. The second kappa shape index (κ2) is 6.26. The van der Waals surface area contributed by atoms with Gasteiger partial charge in [0, 0.05) is 6.42 Å². The summed E-state index contributed by atoms with van der Waals surface area (Å²) < 4.78 is 10.6. The zero-order valence-electron chi connectivity index (χ0n) is 12.2. The molecule has 3 rings (SSSR count). The van der Waals surface area contributed by atoms with Gasteiger partial charge in [-0.3, -0.25) is 0 Å². The van der Waals surface area contributed by atoms with Crippen LogP contribution in [0.5, 0.6) is 5.75 Å². The molecule has 112 valence electrons. The quantitative estimate of drug-likeness (QED) is 0.936. The Morgan fingerprint density at radius 1 is 1.33 bits per heavy atom. The van der Waals surface area contributed by atoms with Crippen molar-refractivity contribution in [3.63, 3.8) is 0 Å². The van der Waals surface area contributed by atoms with E-state index in [0.717, 1.165) is 37.0 Å². The van der Waals surface area contributed by atoms with Gasteiger partial charge >= 0.3 is 0 Å². The molecule has 2 unspecified atom stereocenters. The van der Waals surface area contributed by atoms with Gasteiger partial charge in [0.25, 0.3) is 0 Å². The van der Waals surface area contributed by atoms with Crippen molar-refractivity contribution in [1.29, 1.82) is 0 Å². The third-order valence-electron chi connectivity index (χ3n) is 4.03. The first-order chi connectivity index (χ1) is 10.3. The molecular weight excluding hydrogens is 268 g/mol. The summed E-state index contributed by atoms with van der Waals surface area (Å²) in [7, 11) is 1.65. The van der Waals surface area contributed by atoms with E-state index in [1.807, 2.05) is 24.3 Å². The largest absolute Gasteiger partial charge is 0.497 e. The molecule has 1 N–H and O–H groups in total. The fraction of sp³-hybridized carbons (Fsp3) is 0.500. The smallest absolute Gasteiger partial charge is 0.232 e. The Bertz CT molecular complexity index is 597. The van der Waals surface area contributed by atoms with E-state index in [-0.39, 0.29) is 12.0 Å². The number of nitrogens with zero attached hydrogens (tertiary/aromatic N) is 2. The van der Waals surface area contributed by atoms with Crippen LogP contribution in [0.4, 0.5) is 0 Å². The third kappa shape index (κ3) is 3.24. The molecule has 0 radical (unpaired) electrons. The summed E-state index contributed by atoms with van der Waals surface area (Å²) in [6, 6.07) is 7.82. The molecule has 1 saturated carbocycles. The van der Waals surface area contributed by atoms with Crippen LogP contribution in [0, 0.1) is 0 Å². The third-order valence-corrected chi connectivity index (χ3v) is 4.03. The molecule has 2 atom stereocenters. The Kier molecular flexibility index (Phi) is 4.20. The van der Waals surface area contributed by atoms with Crippen LogP contribution in [0.15, 0.2) is 28.8 Å². The Morgan fingerprint density at radius 2 is 2.19 bits per heavy atom. The van der Waals surface area contributed by atoms with Gasteiger partial charge in [-0.1, -0.05) is 30.1 Å². The van der Waals surface area contributed by atoms with Crippen LogP contribution in [0.1, 0.15) is 48.9 Å². The number of hydrogen-bond donors (Lipinski definition) is 1. The molecular formula is C16H20N2O3. The lowest BCUT2D eigenvalue weighted by Gasteiger charge is -2.24. The molecule has 0 amide bonds. The van der Waals surface area contributed by atoms with Crippen LogP contribution >= 0.6 is 0 Å². The molecule has 1 heterocycles. The molecule has 1 fully saturated rings. The lowest BCUT2D eigenvalue weighted by Crippen LogP contribution is -2.22. The minimum absolute atomic E-state index is 0.00897. The van der Waals surface area contributed by atoms with E-state index in [4.69, 9.17) is 9.26 Å². The summed E-state index contributed by atoms with van der Waals surface area (Å²) in [5.74, 6) is 2.03. The zero-order chi connectivity index (χ0) is 14.7. The molecule has 1 aliphatic rings. The zero-order valence-corrected chi connectivity index (χ0v) is 12.2. The van der Waals surface area contributed by atoms with Crippen molar-refractivity contribution in [2.75, 3.05) is 7.11 Å². The van der Waals surface area contributed by atoms with Gasteiger partial charge in [-0.05, 0) is 30.5 Å². The first kappa shape index (κ1) is 14.1. The molecule has 1 aromatic carbocycles. The maximum Gasteiger partial charge on any atom is 0.232 e. The number of aliphatic hydroxyl groups excluding tert-OH is 1. The van der Waals surface area contributed by atoms with Crippen LogP contribution < -0.4 is 4.74 Å². The van der Waals surface area contributed by atoms with Crippen molar-refractivity contribution in [3.05, 3.63) is 41.5 Å². The van der Waals surface area contributed by atoms with Gasteiger partial charge in [-0.15, -0.1) is 0 Å². The van der Waals surface area contributed by atoms with Gasteiger partial charge < -0.3 is 14.4 Å². The molecule has 0 spiro atoms. The van der Waals surface area contributed by atoms with E-state index >= 15 is 0 Å². The van der Waals surface area contributed by atoms with Crippen molar-refractivity contribution in [3.8, 4) is 5.75 Å². The van der Waals surface area contributed by atoms with E-state index in [2.05, 4.69) is 10.1 Å². The number of rotatable bonds is 4. The number of aliphatic hydroxyl groups is 1. The maximum absolute atomic E-state index is 10.0. The summed E-state index contributed by atoms with van der Waals surface area (Å²) in [6.45, 7) is 0. The molecule has 0 aliphatic heterocycles. The van der Waals surface area contributed by atoms with Crippen LogP contribution in [0.2, 0.25) is 0 Å². The Morgan fingerprint density at radius 3 is 3.00 bits per heavy atom. The van der Waals surface area contributed by atoms with Gasteiger partial charge in [0.05, 0.1) is 19.1 Å². The first-order valence-corrected chi connectivity index (χ1v) is 7.40. The van der Waals surface area contributed by atoms with E-state index in [0.29, 0.717) is 18.1 Å². The van der Waals surface area contributed by atoms with Gasteiger partial charge in [0.15, 0.2) is 5.82 Å². The van der Waals surface area contributed by atoms with Crippen molar-refractivity contribution in [2.45, 2.75) is 44.1 Å². The van der Waals surface area contributed by atoms with E-state index < -0.39 is 0 Å². The maximum atomic E-state index is 10.0. The van der Waals surface area contributed by atoms with Gasteiger partial charge in [0.2, 0.25) is 5.89 Å². The molecule has 1 aliphatic carbocycles. The SMILES string of the molecule is COc1cccc(Cc2noc(C3CCCCC3O)n2)c1. The normalized spacial score (nSPS) is 22.2. The van der Waals surface area contributed by atoms with Crippen molar-refractivity contribution >= 4 is 0 Å². The highest BCUT2D eigenvalue weighted by Gasteiger charge is 2.29.